The first-order chi connectivity index (χ1) is 9.16. The van der Waals surface area contributed by atoms with Gasteiger partial charge in [-0.2, -0.15) is 10.2 Å². The zero-order valence-electron chi connectivity index (χ0n) is 9.61. The Bertz CT molecular complexity index is 733. The topological polar surface area (TPSA) is 83.4 Å². The molecule has 2 heterocycles. The van der Waals surface area contributed by atoms with Crippen molar-refractivity contribution in [1.29, 1.82) is 0 Å². The lowest BCUT2D eigenvalue weighted by molar-refractivity contribution is 0.621. The van der Waals surface area contributed by atoms with Gasteiger partial charge in [-0.05, 0) is 33.6 Å². The van der Waals surface area contributed by atoms with Crippen molar-refractivity contribution >= 4 is 21.6 Å². The summed E-state index contributed by atoms with van der Waals surface area (Å²) in [5, 5.41) is 13.6. The Kier molecular flexibility index (Phi) is 2.83. The van der Waals surface area contributed by atoms with Crippen LogP contribution < -0.4 is 5.73 Å². The van der Waals surface area contributed by atoms with E-state index in [2.05, 4.69) is 36.3 Å². The average molecular weight is 322 g/mol. The van der Waals surface area contributed by atoms with E-state index in [1.165, 1.54) is 12.3 Å². The molecule has 4 N–H and O–H groups in total. The number of nitrogens with zero attached hydrogens (tertiary/aromatic N) is 2. The minimum Gasteiger partial charge on any atom is -0.396 e. The van der Waals surface area contributed by atoms with Crippen LogP contribution >= 0.6 is 15.9 Å². The van der Waals surface area contributed by atoms with Crippen molar-refractivity contribution in [3.63, 3.8) is 0 Å². The van der Waals surface area contributed by atoms with E-state index in [1.807, 2.05) is 0 Å². The number of nitrogens with two attached hydrogens (primary N) is 1. The van der Waals surface area contributed by atoms with Crippen LogP contribution in [0.25, 0.3) is 22.5 Å². The monoisotopic (exact) mass is 321 g/mol. The van der Waals surface area contributed by atoms with Gasteiger partial charge in [0.1, 0.15) is 11.5 Å². The summed E-state index contributed by atoms with van der Waals surface area (Å²) in [6.45, 7) is 0. The molecule has 2 aromatic heterocycles. The van der Waals surface area contributed by atoms with E-state index < -0.39 is 0 Å². The van der Waals surface area contributed by atoms with Crippen molar-refractivity contribution in [2.45, 2.75) is 0 Å². The second kappa shape index (κ2) is 4.51. The number of hydrogen-bond donors (Lipinski definition) is 3. The highest BCUT2D eigenvalue weighted by Crippen LogP contribution is 2.33. The summed E-state index contributed by atoms with van der Waals surface area (Å²) in [6, 6.07) is 4.77. The fourth-order valence-corrected chi connectivity index (χ4v) is 2.23. The molecule has 0 spiro atoms. The SMILES string of the molecule is Nc1cn[nH]c1-c1[nH]ncc1-c1ccc(F)c(Br)c1. The zero-order chi connectivity index (χ0) is 13.4. The standard InChI is InChI=1S/C12H9BrFN5/c13-8-3-6(1-2-9(8)14)7-4-16-18-11(7)12-10(15)5-17-19-12/h1-5H,15H2,(H,16,18)(H,17,19). The van der Waals surface area contributed by atoms with E-state index in [9.17, 15) is 4.39 Å². The van der Waals surface area contributed by atoms with Gasteiger partial charge in [0.2, 0.25) is 0 Å². The molecule has 0 unspecified atom stereocenters. The minimum atomic E-state index is -0.310. The molecule has 5 nitrogen and oxygen atoms in total. The number of rotatable bonds is 2. The maximum Gasteiger partial charge on any atom is 0.137 e. The molecule has 1 aromatic carbocycles. The lowest BCUT2D eigenvalue weighted by atomic mass is 10.0. The number of anilines is 1. The predicted molar refractivity (Wildman–Crippen MR) is 73.7 cm³/mol. The van der Waals surface area contributed by atoms with E-state index in [4.69, 9.17) is 5.73 Å². The van der Waals surface area contributed by atoms with Crippen molar-refractivity contribution in [3.05, 3.63) is 40.9 Å². The van der Waals surface area contributed by atoms with Crippen LogP contribution in [0.5, 0.6) is 0 Å². The van der Waals surface area contributed by atoms with Gasteiger partial charge < -0.3 is 5.73 Å². The van der Waals surface area contributed by atoms with Crippen molar-refractivity contribution in [2.24, 2.45) is 0 Å². The largest absolute Gasteiger partial charge is 0.396 e. The Hall–Kier alpha value is -2.15. The van der Waals surface area contributed by atoms with Gasteiger partial charge in [-0.25, -0.2) is 4.39 Å². The first-order valence-corrected chi connectivity index (χ1v) is 6.24. The van der Waals surface area contributed by atoms with Gasteiger partial charge in [0, 0.05) is 5.56 Å². The van der Waals surface area contributed by atoms with Gasteiger partial charge >= 0.3 is 0 Å². The average Bonchev–Trinajstić information content (AvgIpc) is 3.00. The van der Waals surface area contributed by atoms with Crippen molar-refractivity contribution in [2.75, 3.05) is 5.73 Å². The molecule has 3 aromatic rings. The number of hydrogen-bond acceptors (Lipinski definition) is 3. The molecule has 0 fully saturated rings. The summed E-state index contributed by atoms with van der Waals surface area (Å²) in [7, 11) is 0. The fraction of sp³-hybridized carbons (Fsp3) is 0. The molecule has 0 bridgehead atoms. The van der Waals surface area contributed by atoms with Crippen LogP contribution in [0.1, 0.15) is 0 Å². The molecular formula is C12H9BrFN5. The highest BCUT2D eigenvalue weighted by Gasteiger charge is 2.14. The van der Waals surface area contributed by atoms with Crippen LogP contribution in [-0.4, -0.2) is 20.4 Å². The number of benzene rings is 1. The van der Waals surface area contributed by atoms with Gasteiger partial charge in [-0.15, -0.1) is 0 Å². The first-order valence-electron chi connectivity index (χ1n) is 5.45. The van der Waals surface area contributed by atoms with Gasteiger partial charge in [-0.3, -0.25) is 10.2 Å². The lowest BCUT2D eigenvalue weighted by Crippen LogP contribution is -1.89. The van der Waals surface area contributed by atoms with Crippen LogP contribution in [0.15, 0.2) is 35.1 Å². The Morgan fingerprint density at radius 3 is 2.53 bits per heavy atom. The smallest absolute Gasteiger partial charge is 0.137 e. The van der Waals surface area contributed by atoms with E-state index in [0.717, 1.165) is 11.1 Å². The molecule has 0 amide bonds. The van der Waals surface area contributed by atoms with Gasteiger partial charge in [0.25, 0.3) is 0 Å². The third kappa shape index (κ3) is 2.01. The minimum absolute atomic E-state index is 0.310. The number of H-pyrrole nitrogens is 2. The number of aromatic amines is 2. The number of nitrogen functional groups attached to an aromatic ring is 1. The van der Waals surface area contributed by atoms with E-state index in [-0.39, 0.29) is 5.82 Å². The quantitative estimate of drug-likeness (QED) is 0.678. The van der Waals surface area contributed by atoms with Crippen molar-refractivity contribution in [3.8, 4) is 22.5 Å². The van der Waals surface area contributed by atoms with Gasteiger partial charge in [0.05, 0.1) is 28.2 Å². The summed E-state index contributed by atoms with van der Waals surface area (Å²) in [4.78, 5) is 0. The number of nitrogens with one attached hydrogen (secondary N) is 2. The van der Waals surface area contributed by atoms with Crippen LogP contribution in [0.2, 0.25) is 0 Å². The summed E-state index contributed by atoms with van der Waals surface area (Å²) in [5.74, 6) is -0.310. The molecule has 19 heavy (non-hydrogen) atoms. The van der Waals surface area contributed by atoms with Crippen molar-refractivity contribution in [1.82, 2.24) is 20.4 Å². The summed E-state index contributed by atoms with van der Waals surface area (Å²) < 4.78 is 13.7. The normalized spacial score (nSPS) is 10.8. The molecule has 0 saturated heterocycles. The summed E-state index contributed by atoms with van der Waals surface area (Å²) >= 11 is 3.17. The molecule has 0 saturated carbocycles. The second-order valence-corrected chi connectivity index (χ2v) is 4.84. The van der Waals surface area contributed by atoms with Gasteiger partial charge in [0.15, 0.2) is 0 Å². The molecule has 96 valence electrons. The van der Waals surface area contributed by atoms with Crippen LogP contribution in [-0.2, 0) is 0 Å². The van der Waals surface area contributed by atoms with Crippen LogP contribution in [0.3, 0.4) is 0 Å². The van der Waals surface area contributed by atoms with E-state index in [0.29, 0.717) is 21.5 Å². The number of aromatic nitrogens is 4. The highest BCUT2D eigenvalue weighted by atomic mass is 79.9. The fourth-order valence-electron chi connectivity index (χ4n) is 1.85. The Morgan fingerprint density at radius 2 is 1.84 bits per heavy atom. The Morgan fingerprint density at radius 1 is 1.11 bits per heavy atom. The summed E-state index contributed by atoms with van der Waals surface area (Å²) in [5.41, 5.74) is 9.36. The highest BCUT2D eigenvalue weighted by molar-refractivity contribution is 9.10. The van der Waals surface area contributed by atoms with Crippen molar-refractivity contribution < 1.29 is 4.39 Å². The van der Waals surface area contributed by atoms with Crippen LogP contribution in [0.4, 0.5) is 10.1 Å². The van der Waals surface area contributed by atoms with E-state index >= 15 is 0 Å². The molecule has 0 aliphatic heterocycles. The molecular weight excluding hydrogens is 313 g/mol. The maximum atomic E-state index is 13.3. The molecule has 7 heteroatoms. The molecule has 3 rings (SSSR count). The van der Waals surface area contributed by atoms with E-state index in [1.54, 1.807) is 18.3 Å². The molecule has 0 aliphatic rings. The molecule has 0 atom stereocenters. The lowest BCUT2D eigenvalue weighted by Gasteiger charge is -2.04. The number of halogens is 2. The van der Waals surface area contributed by atoms with Crippen LogP contribution in [0, 0.1) is 5.82 Å². The second-order valence-electron chi connectivity index (χ2n) is 3.99. The zero-order valence-corrected chi connectivity index (χ0v) is 11.2. The predicted octanol–water partition coefficient (Wildman–Crippen LogP) is 2.95. The maximum absolute atomic E-state index is 13.3. The Balaban J connectivity index is 2.14. The molecule has 0 radical (unpaired) electrons. The first kappa shape index (κ1) is 11.9. The third-order valence-corrected chi connectivity index (χ3v) is 3.40. The summed E-state index contributed by atoms with van der Waals surface area (Å²) in [6.07, 6.45) is 3.19. The van der Waals surface area contributed by atoms with Gasteiger partial charge in [-0.1, -0.05) is 6.07 Å². The third-order valence-electron chi connectivity index (χ3n) is 2.79. The molecule has 0 aliphatic carbocycles. The Labute approximate surface area is 116 Å².